The zero-order chi connectivity index (χ0) is 8.10. The molecule has 0 aromatic carbocycles. The lowest BCUT2D eigenvalue weighted by Gasteiger charge is -1.98. The van der Waals surface area contributed by atoms with Crippen molar-refractivity contribution < 1.29 is 4.79 Å². The summed E-state index contributed by atoms with van der Waals surface area (Å²) in [5, 5.41) is 6.51. The van der Waals surface area contributed by atoms with Gasteiger partial charge < -0.3 is 11.1 Å². The number of carbonyl (C=O) groups is 1. The zero-order valence-corrected chi connectivity index (χ0v) is 6.86. The van der Waals surface area contributed by atoms with Gasteiger partial charge in [-0.15, -0.1) is 0 Å². The number of hydrogen-bond acceptors (Lipinski definition) is 3. The molecule has 0 radical (unpaired) electrons. The lowest BCUT2D eigenvalue weighted by atomic mass is 10.4. The first kappa shape index (κ1) is 8.23. The van der Waals surface area contributed by atoms with Crippen molar-refractivity contribution in [1.29, 1.82) is 0 Å². The number of thiophene rings is 1. The number of nitrogens with one attached hydrogen (secondary N) is 1. The van der Waals surface area contributed by atoms with E-state index in [1.165, 1.54) is 0 Å². The molecule has 0 spiro atoms. The van der Waals surface area contributed by atoms with Crippen molar-refractivity contribution in [3.8, 4) is 0 Å². The highest BCUT2D eigenvalue weighted by Gasteiger charge is 1.99. The normalized spacial score (nSPS) is 9.55. The van der Waals surface area contributed by atoms with Crippen molar-refractivity contribution in [3.63, 3.8) is 0 Å². The van der Waals surface area contributed by atoms with Gasteiger partial charge in [0.25, 0.3) is 0 Å². The van der Waals surface area contributed by atoms with Gasteiger partial charge >= 0.3 is 0 Å². The Hall–Kier alpha value is -0.870. The third-order valence-electron chi connectivity index (χ3n) is 1.18. The Kier molecular flexibility index (Phi) is 3.07. The first-order valence-corrected chi connectivity index (χ1v) is 4.29. The van der Waals surface area contributed by atoms with E-state index in [0.29, 0.717) is 13.0 Å². The molecule has 3 nitrogen and oxygen atoms in total. The minimum atomic E-state index is -0.0223. The van der Waals surface area contributed by atoms with Crippen LogP contribution in [0.5, 0.6) is 0 Å². The maximum atomic E-state index is 10.9. The molecule has 1 aromatic rings. The van der Waals surface area contributed by atoms with Crippen LogP contribution in [-0.4, -0.2) is 12.5 Å². The Labute approximate surface area is 69.2 Å². The molecule has 0 fully saturated rings. The standard InChI is InChI=1S/C7H10N2OS/c8-3-1-7(10)9-6-2-4-11-5-6/h2,4-5H,1,3,8H2,(H,9,10). The summed E-state index contributed by atoms with van der Waals surface area (Å²) in [7, 11) is 0. The SMILES string of the molecule is NCCC(=O)Nc1ccsc1. The number of nitrogens with two attached hydrogens (primary N) is 1. The maximum Gasteiger partial charge on any atom is 0.225 e. The quantitative estimate of drug-likeness (QED) is 0.712. The minimum absolute atomic E-state index is 0.0223. The molecule has 60 valence electrons. The van der Waals surface area contributed by atoms with Crippen molar-refractivity contribution >= 4 is 22.9 Å². The van der Waals surface area contributed by atoms with E-state index in [4.69, 9.17) is 5.73 Å². The lowest BCUT2D eigenvalue weighted by Crippen LogP contribution is -2.15. The maximum absolute atomic E-state index is 10.9. The van der Waals surface area contributed by atoms with Crippen LogP contribution in [0.25, 0.3) is 0 Å². The molecule has 4 heteroatoms. The van der Waals surface area contributed by atoms with Gasteiger partial charge in [-0.25, -0.2) is 0 Å². The van der Waals surface area contributed by atoms with E-state index in [1.807, 2.05) is 16.8 Å². The zero-order valence-electron chi connectivity index (χ0n) is 6.04. The summed E-state index contributed by atoms with van der Waals surface area (Å²) in [5.74, 6) is -0.0223. The second kappa shape index (κ2) is 4.10. The van der Waals surface area contributed by atoms with Gasteiger partial charge in [0.15, 0.2) is 0 Å². The molecule has 0 unspecified atom stereocenters. The molecule has 0 saturated carbocycles. The monoisotopic (exact) mass is 170 g/mol. The summed E-state index contributed by atoms with van der Waals surface area (Å²) in [4.78, 5) is 10.9. The average molecular weight is 170 g/mol. The van der Waals surface area contributed by atoms with E-state index in [0.717, 1.165) is 5.69 Å². The van der Waals surface area contributed by atoms with Crippen molar-refractivity contribution in [2.45, 2.75) is 6.42 Å². The Morgan fingerprint density at radius 3 is 3.09 bits per heavy atom. The second-order valence-corrected chi connectivity index (χ2v) is 2.88. The molecular weight excluding hydrogens is 160 g/mol. The summed E-state index contributed by atoms with van der Waals surface area (Å²) in [6, 6.07) is 1.86. The molecule has 0 aliphatic heterocycles. The average Bonchev–Trinajstić information content (AvgIpc) is 2.40. The Bertz CT molecular complexity index is 220. The predicted molar refractivity (Wildman–Crippen MR) is 46.6 cm³/mol. The highest BCUT2D eigenvalue weighted by Crippen LogP contribution is 2.11. The first-order valence-electron chi connectivity index (χ1n) is 3.35. The van der Waals surface area contributed by atoms with Crippen molar-refractivity contribution in [2.24, 2.45) is 5.73 Å². The summed E-state index contributed by atoms with van der Waals surface area (Å²) in [5.41, 5.74) is 6.06. The van der Waals surface area contributed by atoms with Gasteiger partial charge in [-0.1, -0.05) is 0 Å². The van der Waals surface area contributed by atoms with Crippen LogP contribution in [0, 0.1) is 0 Å². The van der Waals surface area contributed by atoms with Crippen molar-refractivity contribution in [1.82, 2.24) is 0 Å². The fraction of sp³-hybridized carbons (Fsp3) is 0.286. The third-order valence-corrected chi connectivity index (χ3v) is 1.86. The van der Waals surface area contributed by atoms with E-state index >= 15 is 0 Å². The van der Waals surface area contributed by atoms with Gasteiger partial charge in [0.1, 0.15) is 0 Å². The summed E-state index contributed by atoms with van der Waals surface area (Å²) in [6.45, 7) is 0.399. The number of carbonyl (C=O) groups excluding carboxylic acids is 1. The van der Waals surface area contributed by atoms with Crippen LogP contribution in [-0.2, 0) is 4.79 Å². The fourth-order valence-corrected chi connectivity index (χ4v) is 1.28. The molecule has 0 atom stereocenters. The molecule has 11 heavy (non-hydrogen) atoms. The van der Waals surface area contributed by atoms with Gasteiger partial charge in [0.05, 0.1) is 5.69 Å². The van der Waals surface area contributed by atoms with Crippen molar-refractivity contribution in [3.05, 3.63) is 16.8 Å². The molecule has 1 amide bonds. The lowest BCUT2D eigenvalue weighted by molar-refractivity contribution is -0.116. The minimum Gasteiger partial charge on any atom is -0.330 e. The highest BCUT2D eigenvalue weighted by atomic mass is 32.1. The molecule has 1 rings (SSSR count). The molecule has 1 heterocycles. The van der Waals surface area contributed by atoms with Crippen LogP contribution in [0.4, 0.5) is 5.69 Å². The van der Waals surface area contributed by atoms with E-state index in [-0.39, 0.29) is 5.91 Å². The number of rotatable bonds is 3. The Balaban J connectivity index is 2.37. The van der Waals surface area contributed by atoms with Gasteiger partial charge in [-0.2, -0.15) is 11.3 Å². The van der Waals surface area contributed by atoms with E-state index in [2.05, 4.69) is 5.32 Å². The van der Waals surface area contributed by atoms with Crippen LogP contribution in [0.3, 0.4) is 0 Å². The van der Waals surface area contributed by atoms with Crippen LogP contribution < -0.4 is 11.1 Å². The molecule has 0 saturated heterocycles. The topological polar surface area (TPSA) is 55.1 Å². The van der Waals surface area contributed by atoms with Gasteiger partial charge in [0, 0.05) is 18.3 Å². The predicted octanol–water partition coefficient (Wildman–Crippen LogP) is 1.04. The summed E-state index contributed by atoms with van der Waals surface area (Å²) >= 11 is 1.55. The van der Waals surface area contributed by atoms with Gasteiger partial charge in [0.2, 0.25) is 5.91 Å². The Morgan fingerprint density at radius 1 is 1.73 bits per heavy atom. The Morgan fingerprint density at radius 2 is 2.55 bits per heavy atom. The third kappa shape index (κ3) is 2.69. The second-order valence-electron chi connectivity index (χ2n) is 2.10. The first-order chi connectivity index (χ1) is 5.33. The van der Waals surface area contributed by atoms with Crippen molar-refractivity contribution in [2.75, 3.05) is 11.9 Å². The van der Waals surface area contributed by atoms with Crippen LogP contribution in [0.2, 0.25) is 0 Å². The van der Waals surface area contributed by atoms with E-state index < -0.39 is 0 Å². The number of amides is 1. The van der Waals surface area contributed by atoms with E-state index in [9.17, 15) is 4.79 Å². The van der Waals surface area contributed by atoms with Gasteiger partial charge in [-0.3, -0.25) is 4.79 Å². The molecule has 0 aliphatic rings. The van der Waals surface area contributed by atoms with E-state index in [1.54, 1.807) is 11.3 Å². The highest BCUT2D eigenvalue weighted by molar-refractivity contribution is 7.08. The number of hydrogen-bond donors (Lipinski definition) is 2. The fourth-order valence-electron chi connectivity index (χ4n) is 0.690. The number of anilines is 1. The molecule has 3 N–H and O–H groups in total. The van der Waals surface area contributed by atoms with Crippen LogP contribution >= 0.6 is 11.3 Å². The molecule has 1 aromatic heterocycles. The summed E-state index contributed by atoms with van der Waals surface area (Å²) in [6.07, 6.45) is 0.385. The molecule has 0 bridgehead atoms. The van der Waals surface area contributed by atoms with Gasteiger partial charge in [-0.05, 0) is 11.4 Å². The van der Waals surface area contributed by atoms with Crippen LogP contribution in [0.1, 0.15) is 6.42 Å². The smallest absolute Gasteiger partial charge is 0.225 e. The van der Waals surface area contributed by atoms with Crippen LogP contribution in [0.15, 0.2) is 16.8 Å². The molecule has 0 aliphatic carbocycles. The molecular formula is C7H10N2OS. The largest absolute Gasteiger partial charge is 0.330 e. The summed E-state index contributed by atoms with van der Waals surface area (Å²) < 4.78 is 0.